The van der Waals surface area contributed by atoms with E-state index in [2.05, 4.69) is 9.97 Å². The van der Waals surface area contributed by atoms with Gasteiger partial charge in [0.1, 0.15) is 22.8 Å². The number of nitrogens with zero attached hydrogens (tertiary/aromatic N) is 2. The summed E-state index contributed by atoms with van der Waals surface area (Å²) < 4.78 is 24.8. The Labute approximate surface area is 180 Å². The fraction of sp³-hybridized carbons (Fsp3) is 0.333. The fourth-order valence-corrected chi connectivity index (χ4v) is 3.73. The smallest absolute Gasteiger partial charge is 0.410 e. The van der Waals surface area contributed by atoms with Crippen LogP contribution >= 0.6 is 0 Å². The summed E-state index contributed by atoms with van der Waals surface area (Å²) in [5.74, 6) is 0.273. The Bertz CT molecular complexity index is 1160. The average Bonchev–Trinajstić information content (AvgIpc) is 3.17. The molecule has 0 fully saturated rings. The number of aromatic nitrogens is 2. The average molecular weight is 423 g/mol. The number of methoxy groups -OCH3 is 1. The second kappa shape index (κ2) is 8.06. The number of amides is 1. The maximum Gasteiger partial charge on any atom is 0.410 e. The summed E-state index contributed by atoms with van der Waals surface area (Å²) in [6.07, 6.45) is 4.12. The minimum atomic E-state index is -0.516. The minimum absolute atomic E-state index is 0.304. The monoisotopic (exact) mass is 423 g/mol. The largest absolute Gasteiger partial charge is 0.496 e. The zero-order valence-electron chi connectivity index (χ0n) is 18.2. The van der Waals surface area contributed by atoms with Gasteiger partial charge in [0.2, 0.25) is 0 Å². The van der Waals surface area contributed by atoms with Crippen LogP contribution in [-0.4, -0.2) is 46.8 Å². The Morgan fingerprint density at radius 3 is 2.68 bits per heavy atom. The first-order valence-electron chi connectivity index (χ1n) is 10.2. The molecule has 0 saturated carbocycles. The molecule has 31 heavy (non-hydrogen) atoms. The number of aromatic amines is 1. The Kier molecular flexibility index (Phi) is 5.43. The number of rotatable bonds is 3. The number of H-pyrrole nitrogens is 1. The van der Waals surface area contributed by atoms with Crippen LogP contribution in [0.25, 0.3) is 27.7 Å². The van der Waals surface area contributed by atoms with Crippen LogP contribution in [0.5, 0.6) is 5.75 Å². The van der Waals surface area contributed by atoms with E-state index in [9.17, 15) is 9.18 Å². The molecule has 4 rings (SSSR count). The molecule has 0 atom stereocenters. The highest BCUT2D eigenvalue weighted by Crippen LogP contribution is 2.36. The lowest BCUT2D eigenvalue weighted by Crippen LogP contribution is -2.39. The van der Waals surface area contributed by atoms with E-state index in [0.29, 0.717) is 36.5 Å². The molecule has 0 saturated heterocycles. The van der Waals surface area contributed by atoms with Crippen molar-refractivity contribution in [2.45, 2.75) is 32.8 Å². The van der Waals surface area contributed by atoms with Crippen LogP contribution < -0.4 is 4.74 Å². The van der Waals surface area contributed by atoms with E-state index in [1.165, 1.54) is 12.1 Å². The van der Waals surface area contributed by atoms with Gasteiger partial charge in [0.25, 0.3) is 0 Å². The summed E-state index contributed by atoms with van der Waals surface area (Å²) in [6, 6.07) is 8.36. The molecule has 0 spiro atoms. The molecule has 3 heterocycles. The summed E-state index contributed by atoms with van der Waals surface area (Å²) in [4.78, 5) is 21.8. The Balaban J connectivity index is 1.64. The van der Waals surface area contributed by atoms with E-state index in [1.807, 2.05) is 39.0 Å². The van der Waals surface area contributed by atoms with Crippen LogP contribution in [0, 0.1) is 5.82 Å². The number of nitrogens with one attached hydrogen (secondary N) is 1. The van der Waals surface area contributed by atoms with Gasteiger partial charge in [0, 0.05) is 35.9 Å². The third-order valence-corrected chi connectivity index (χ3v) is 5.19. The van der Waals surface area contributed by atoms with E-state index in [0.717, 1.165) is 22.2 Å². The van der Waals surface area contributed by atoms with Gasteiger partial charge in [-0.1, -0.05) is 6.08 Å². The first-order valence-corrected chi connectivity index (χ1v) is 10.2. The van der Waals surface area contributed by atoms with E-state index in [-0.39, 0.29) is 11.9 Å². The van der Waals surface area contributed by atoms with Gasteiger partial charge in [-0.05, 0) is 68.7 Å². The van der Waals surface area contributed by atoms with Crippen molar-refractivity contribution >= 4 is 22.7 Å². The van der Waals surface area contributed by atoms with E-state index in [1.54, 1.807) is 24.3 Å². The quantitative estimate of drug-likeness (QED) is 0.612. The van der Waals surface area contributed by atoms with Gasteiger partial charge >= 0.3 is 6.09 Å². The molecular formula is C24H26FN3O3. The first-order chi connectivity index (χ1) is 14.7. The van der Waals surface area contributed by atoms with E-state index < -0.39 is 5.60 Å². The van der Waals surface area contributed by atoms with Gasteiger partial charge in [-0.3, -0.25) is 0 Å². The highest BCUT2D eigenvalue weighted by molar-refractivity contribution is 5.96. The number of hydrogen-bond acceptors (Lipinski definition) is 4. The van der Waals surface area contributed by atoms with Gasteiger partial charge in [-0.25, -0.2) is 14.2 Å². The lowest BCUT2D eigenvalue weighted by molar-refractivity contribution is 0.0270. The highest BCUT2D eigenvalue weighted by Gasteiger charge is 2.24. The van der Waals surface area contributed by atoms with Crippen molar-refractivity contribution in [3.05, 3.63) is 54.1 Å². The molecule has 1 aliphatic rings. The van der Waals surface area contributed by atoms with Gasteiger partial charge in [-0.15, -0.1) is 0 Å². The number of ether oxygens (including phenoxy) is 2. The van der Waals surface area contributed by atoms with Crippen LogP contribution in [0.4, 0.5) is 9.18 Å². The van der Waals surface area contributed by atoms with Gasteiger partial charge in [0.15, 0.2) is 0 Å². The number of benzene rings is 1. The summed E-state index contributed by atoms with van der Waals surface area (Å²) in [5, 5.41) is 0.886. The molecule has 1 aromatic carbocycles. The number of hydrogen-bond donors (Lipinski definition) is 1. The van der Waals surface area contributed by atoms with Crippen molar-refractivity contribution in [3.63, 3.8) is 0 Å². The molecule has 2 aromatic heterocycles. The predicted molar refractivity (Wildman–Crippen MR) is 118 cm³/mol. The third kappa shape index (κ3) is 4.40. The molecular weight excluding hydrogens is 397 g/mol. The zero-order chi connectivity index (χ0) is 22.2. The first kappa shape index (κ1) is 20.9. The fourth-order valence-electron chi connectivity index (χ4n) is 3.73. The Morgan fingerprint density at radius 1 is 1.19 bits per heavy atom. The molecule has 1 amide bonds. The molecule has 1 aliphatic heterocycles. The van der Waals surface area contributed by atoms with Gasteiger partial charge < -0.3 is 19.4 Å². The molecule has 7 heteroatoms. The van der Waals surface area contributed by atoms with Crippen molar-refractivity contribution in [2.24, 2.45) is 0 Å². The Morgan fingerprint density at radius 2 is 2.00 bits per heavy atom. The van der Waals surface area contributed by atoms with E-state index >= 15 is 0 Å². The summed E-state index contributed by atoms with van der Waals surface area (Å²) in [5.41, 5.74) is 3.77. The normalized spacial score (nSPS) is 14.5. The van der Waals surface area contributed by atoms with Crippen molar-refractivity contribution in [1.82, 2.24) is 14.9 Å². The van der Waals surface area contributed by atoms with Gasteiger partial charge in [-0.2, -0.15) is 0 Å². The SMILES string of the molecule is COc1ccc(F)cc1-c1ccnc2[nH]c(C3=CCN(C(=O)OC(C)(C)C)CC3)cc12. The summed E-state index contributed by atoms with van der Waals surface area (Å²) in [6.45, 7) is 6.64. The topological polar surface area (TPSA) is 67.5 Å². The number of fused-ring (bicyclic) bond motifs is 1. The lowest BCUT2D eigenvalue weighted by Gasteiger charge is -2.29. The van der Waals surface area contributed by atoms with Crippen LogP contribution in [0.1, 0.15) is 32.9 Å². The molecule has 0 bridgehead atoms. The van der Waals surface area contributed by atoms with Crippen molar-refractivity contribution in [1.29, 1.82) is 0 Å². The molecule has 3 aromatic rings. The van der Waals surface area contributed by atoms with Crippen LogP contribution in [0.15, 0.2) is 42.6 Å². The molecule has 162 valence electrons. The van der Waals surface area contributed by atoms with Crippen molar-refractivity contribution in [3.8, 4) is 16.9 Å². The molecule has 0 aliphatic carbocycles. The van der Waals surface area contributed by atoms with Crippen molar-refractivity contribution < 1.29 is 18.7 Å². The molecule has 1 N–H and O–H groups in total. The van der Waals surface area contributed by atoms with Crippen LogP contribution in [-0.2, 0) is 4.74 Å². The maximum atomic E-state index is 13.9. The summed E-state index contributed by atoms with van der Waals surface area (Å²) >= 11 is 0. The number of carbonyl (C=O) groups is 1. The highest BCUT2D eigenvalue weighted by atomic mass is 19.1. The van der Waals surface area contributed by atoms with Gasteiger partial charge in [0.05, 0.1) is 7.11 Å². The molecule has 0 radical (unpaired) electrons. The number of pyridine rings is 1. The van der Waals surface area contributed by atoms with Crippen molar-refractivity contribution in [2.75, 3.05) is 20.2 Å². The molecule has 6 nitrogen and oxygen atoms in total. The number of halogens is 1. The second-order valence-corrected chi connectivity index (χ2v) is 8.55. The van der Waals surface area contributed by atoms with Crippen LogP contribution in [0.3, 0.4) is 0 Å². The maximum absolute atomic E-state index is 13.9. The predicted octanol–water partition coefficient (Wildman–Crippen LogP) is 5.40. The van der Waals surface area contributed by atoms with Crippen LogP contribution in [0.2, 0.25) is 0 Å². The zero-order valence-corrected chi connectivity index (χ0v) is 18.2. The van der Waals surface area contributed by atoms with E-state index in [4.69, 9.17) is 9.47 Å². The second-order valence-electron chi connectivity index (χ2n) is 8.55. The Hall–Kier alpha value is -3.35. The minimum Gasteiger partial charge on any atom is -0.496 e. The standard InChI is InChI=1S/C24H26FN3O3/c1-24(2,3)31-23(29)28-11-8-15(9-12-28)20-14-19-17(7-10-26-22(19)27-20)18-13-16(25)5-6-21(18)30-4/h5-8,10,13-14H,9,11-12H2,1-4H3,(H,26,27). The number of carbonyl (C=O) groups excluding carboxylic acids is 1. The molecule has 0 unspecified atom stereocenters. The lowest BCUT2D eigenvalue weighted by atomic mass is 10.0. The summed E-state index contributed by atoms with van der Waals surface area (Å²) in [7, 11) is 1.57. The third-order valence-electron chi connectivity index (χ3n) is 5.19.